The van der Waals surface area contributed by atoms with E-state index >= 15 is 0 Å². The van der Waals surface area contributed by atoms with E-state index in [1.54, 1.807) is 0 Å². The third-order valence-corrected chi connectivity index (χ3v) is 6.86. The number of piperazine rings is 1. The maximum Gasteiger partial charge on any atom is 0.0267 e. The van der Waals surface area contributed by atoms with E-state index < -0.39 is 0 Å². The van der Waals surface area contributed by atoms with Crippen LogP contribution in [0.2, 0.25) is 0 Å². The summed E-state index contributed by atoms with van der Waals surface area (Å²) in [6.07, 6.45) is 11.7. The summed E-state index contributed by atoms with van der Waals surface area (Å²) in [5, 5.41) is 3.90. The standard InChI is InChI=1S/C18H33N3/c1-14-12-19-16(15-6-3-2-4-7-15)13-21(14)18-9-11-20-10-5-8-17(18)20/h14-19H,2-13H2,1H3. The first-order valence-electron chi connectivity index (χ1n) is 9.56. The summed E-state index contributed by atoms with van der Waals surface area (Å²) in [5.74, 6) is 0.954. The van der Waals surface area contributed by atoms with Gasteiger partial charge in [-0.15, -0.1) is 0 Å². The molecule has 0 aromatic heterocycles. The van der Waals surface area contributed by atoms with Crippen molar-refractivity contribution >= 4 is 0 Å². The van der Waals surface area contributed by atoms with Crippen molar-refractivity contribution in [2.24, 2.45) is 5.92 Å². The highest BCUT2D eigenvalue weighted by atomic mass is 15.3. The molecule has 3 nitrogen and oxygen atoms in total. The van der Waals surface area contributed by atoms with Crippen LogP contribution in [-0.2, 0) is 0 Å². The fourth-order valence-corrected chi connectivity index (χ4v) is 5.67. The zero-order valence-corrected chi connectivity index (χ0v) is 13.8. The zero-order chi connectivity index (χ0) is 14.2. The van der Waals surface area contributed by atoms with Crippen LogP contribution in [0, 0.1) is 5.92 Å². The van der Waals surface area contributed by atoms with Crippen molar-refractivity contribution in [3.05, 3.63) is 0 Å². The number of hydrogen-bond acceptors (Lipinski definition) is 3. The minimum Gasteiger partial charge on any atom is -0.311 e. The van der Waals surface area contributed by atoms with Gasteiger partial charge in [0.2, 0.25) is 0 Å². The Morgan fingerprint density at radius 2 is 1.71 bits per heavy atom. The Balaban J connectivity index is 1.43. The molecule has 3 heteroatoms. The van der Waals surface area contributed by atoms with Crippen LogP contribution in [0.1, 0.15) is 58.3 Å². The second-order valence-corrected chi connectivity index (χ2v) is 8.06. The third-order valence-electron chi connectivity index (χ3n) is 6.86. The van der Waals surface area contributed by atoms with Gasteiger partial charge in [-0.25, -0.2) is 0 Å². The average molecular weight is 291 g/mol. The summed E-state index contributed by atoms with van der Waals surface area (Å²) in [7, 11) is 0. The van der Waals surface area contributed by atoms with Crippen molar-refractivity contribution in [3.8, 4) is 0 Å². The second kappa shape index (κ2) is 6.17. The molecule has 4 unspecified atom stereocenters. The highest BCUT2D eigenvalue weighted by Gasteiger charge is 2.43. The van der Waals surface area contributed by atoms with Crippen LogP contribution in [-0.4, -0.2) is 60.1 Å². The van der Waals surface area contributed by atoms with Crippen molar-refractivity contribution in [1.29, 1.82) is 0 Å². The van der Waals surface area contributed by atoms with Gasteiger partial charge in [-0.3, -0.25) is 9.80 Å². The van der Waals surface area contributed by atoms with Gasteiger partial charge in [-0.2, -0.15) is 0 Å². The topological polar surface area (TPSA) is 18.5 Å². The van der Waals surface area contributed by atoms with Gasteiger partial charge in [0.1, 0.15) is 0 Å². The predicted molar refractivity (Wildman–Crippen MR) is 87.5 cm³/mol. The molecule has 0 aromatic carbocycles. The lowest BCUT2D eigenvalue weighted by atomic mass is 9.82. The summed E-state index contributed by atoms with van der Waals surface area (Å²) in [5.41, 5.74) is 0. The molecule has 1 saturated carbocycles. The summed E-state index contributed by atoms with van der Waals surface area (Å²) >= 11 is 0. The Morgan fingerprint density at radius 3 is 2.57 bits per heavy atom. The van der Waals surface area contributed by atoms with Gasteiger partial charge >= 0.3 is 0 Å². The van der Waals surface area contributed by atoms with Crippen LogP contribution >= 0.6 is 0 Å². The number of rotatable bonds is 2. The molecule has 4 aliphatic rings. The quantitative estimate of drug-likeness (QED) is 0.843. The largest absolute Gasteiger partial charge is 0.311 e. The molecule has 1 N–H and O–H groups in total. The zero-order valence-electron chi connectivity index (χ0n) is 13.8. The maximum atomic E-state index is 3.90. The fourth-order valence-electron chi connectivity index (χ4n) is 5.67. The molecule has 21 heavy (non-hydrogen) atoms. The van der Waals surface area contributed by atoms with E-state index in [2.05, 4.69) is 22.0 Å². The Bertz CT molecular complexity index is 352. The van der Waals surface area contributed by atoms with Gasteiger partial charge in [0, 0.05) is 43.8 Å². The van der Waals surface area contributed by atoms with Crippen molar-refractivity contribution in [1.82, 2.24) is 15.1 Å². The smallest absolute Gasteiger partial charge is 0.0267 e. The molecular weight excluding hydrogens is 258 g/mol. The van der Waals surface area contributed by atoms with Gasteiger partial charge in [0.05, 0.1) is 0 Å². The van der Waals surface area contributed by atoms with Crippen LogP contribution in [0.25, 0.3) is 0 Å². The molecule has 3 heterocycles. The molecule has 4 atom stereocenters. The first-order valence-corrected chi connectivity index (χ1v) is 9.56. The highest BCUT2D eigenvalue weighted by Crippen LogP contribution is 2.35. The lowest BCUT2D eigenvalue weighted by Crippen LogP contribution is -2.62. The van der Waals surface area contributed by atoms with Gasteiger partial charge in [-0.05, 0) is 51.5 Å². The van der Waals surface area contributed by atoms with E-state index in [0.717, 1.165) is 30.1 Å². The second-order valence-electron chi connectivity index (χ2n) is 8.06. The first kappa shape index (κ1) is 14.5. The molecule has 0 radical (unpaired) electrons. The Hall–Kier alpha value is -0.120. The van der Waals surface area contributed by atoms with Gasteiger partial charge in [0.25, 0.3) is 0 Å². The lowest BCUT2D eigenvalue weighted by Gasteiger charge is -2.46. The summed E-state index contributed by atoms with van der Waals surface area (Å²) in [4.78, 5) is 5.68. The maximum absolute atomic E-state index is 3.90. The Kier molecular flexibility index (Phi) is 4.25. The summed E-state index contributed by atoms with van der Waals surface area (Å²) in [6, 6.07) is 3.25. The molecule has 4 rings (SSSR count). The molecule has 0 amide bonds. The number of fused-ring (bicyclic) bond motifs is 1. The van der Waals surface area contributed by atoms with Crippen molar-refractivity contribution in [2.75, 3.05) is 26.2 Å². The minimum atomic E-state index is 0.732. The SMILES string of the molecule is CC1CNC(C2CCCCC2)CN1C1CCN2CCCC12. The monoisotopic (exact) mass is 291 g/mol. The molecule has 3 aliphatic heterocycles. The van der Waals surface area contributed by atoms with E-state index in [-0.39, 0.29) is 0 Å². The number of hydrogen-bond donors (Lipinski definition) is 1. The predicted octanol–water partition coefficient (Wildman–Crippen LogP) is 2.47. The van der Waals surface area contributed by atoms with E-state index in [4.69, 9.17) is 0 Å². The van der Waals surface area contributed by atoms with Gasteiger partial charge in [-0.1, -0.05) is 19.3 Å². The molecule has 0 spiro atoms. The van der Waals surface area contributed by atoms with Crippen LogP contribution in [0.5, 0.6) is 0 Å². The number of nitrogens with one attached hydrogen (secondary N) is 1. The van der Waals surface area contributed by atoms with Crippen molar-refractivity contribution in [3.63, 3.8) is 0 Å². The van der Waals surface area contributed by atoms with Crippen LogP contribution in [0.4, 0.5) is 0 Å². The molecule has 1 aliphatic carbocycles. The van der Waals surface area contributed by atoms with Crippen molar-refractivity contribution < 1.29 is 0 Å². The fraction of sp³-hybridized carbons (Fsp3) is 1.00. The highest BCUT2D eigenvalue weighted by molar-refractivity contribution is 5.01. The van der Waals surface area contributed by atoms with E-state index in [9.17, 15) is 0 Å². The molecule has 4 fully saturated rings. The van der Waals surface area contributed by atoms with Crippen LogP contribution < -0.4 is 5.32 Å². The van der Waals surface area contributed by atoms with E-state index in [0.29, 0.717) is 0 Å². The molecule has 3 saturated heterocycles. The van der Waals surface area contributed by atoms with E-state index in [1.165, 1.54) is 77.5 Å². The normalized spacial score (nSPS) is 43.3. The molecule has 0 bridgehead atoms. The van der Waals surface area contributed by atoms with E-state index in [1.807, 2.05) is 0 Å². The number of nitrogens with zero attached hydrogens (tertiary/aromatic N) is 2. The third kappa shape index (κ3) is 2.77. The molecule has 120 valence electrons. The molecule has 0 aromatic rings. The first-order chi connectivity index (χ1) is 10.3. The summed E-state index contributed by atoms with van der Waals surface area (Å²) < 4.78 is 0. The van der Waals surface area contributed by atoms with Crippen molar-refractivity contribution in [2.45, 2.75) is 82.5 Å². The molecular formula is C18H33N3. The lowest BCUT2D eigenvalue weighted by molar-refractivity contribution is 0.0538. The van der Waals surface area contributed by atoms with Crippen LogP contribution in [0.15, 0.2) is 0 Å². The average Bonchev–Trinajstić information content (AvgIpc) is 3.12. The summed E-state index contributed by atoms with van der Waals surface area (Å²) in [6.45, 7) is 7.71. The van der Waals surface area contributed by atoms with Gasteiger partial charge < -0.3 is 5.32 Å². The van der Waals surface area contributed by atoms with Crippen LogP contribution in [0.3, 0.4) is 0 Å². The Morgan fingerprint density at radius 1 is 0.857 bits per heavy atom. The van der Waals surface area contributed by atoms with Gasteiger partial charge in [0.15, 0.2) is 0 Å². The minimum absolute atomic E-state index is 0.732. The Labute approximate surface area is 130 Å².